The van der Waals surface area contributed by atoms with E-state index in [2.05, 4.69) is 32.2 Å². The van der Waals surface area contributed by atoms with Crippen LogP contribution in [0.5, 0.6) is 0 Å². The molecule has 1 N–H and O–H groups in total. The van der Waals surface area contributed by atoms with Crippen LogP contribution >= 0.6 is 0 Å². The lowest BCUT2D eigenvalue weighted by molar-refractivity contribution is -0.200. The monoisotopic (exact) mass is 440 g/mol. The van der Waals surface area contributed by atoms with E-state index in [0.717, 1.165) is 37.9 Å². The zero-order valence-corrected chi connectivity index (χ0v) is 19.2. The molecule has 2 aliphatic heterocycles. The number of aromatic nitrogens is 5. The smallest absolute Gasteiger partial charge is 0.158 e. The molecule has 8 heteroatoms. The maximum atomic E-state index is 9.38. The second-order valence-corrected chi connectivity index (χ2v) is 10.9. The summed E-state index contributed by atoms with van der Waals surface area (Å²) < 4.78 is 9.67. The Morgan fingerprint density at radius 1 is 0.969 bits per heavy atom. The zero-order valence-electron chi connectivity index (χ0n) is 19.2. The fourth-order valence-electron chi connectivity index (χ4n) is 6.65. The largest absolute Gasteiger partial charge is 0.388 e. The van der Waals surface area contributed by atoms with Crippen LogP contribution in [0.25, 0.3) is 0 Å². The van der Waals surface area contributed by atoms with Crippen molar-refractivity contribution in [2.75, 3.05) is 26.3 Å². The van der Waals surface area contributed by atoms with Gasteiger partial charge in [-0.2, -0.15) is 5.10 Å². The van der Waals surface area contributed by atoms with Crippen LogP contribution in [0.2, 0.25) is 0 Å². The Kier molecular flexibility index (Phi) is 5.35. The SMILES string of the molecule is Cn1c(CO)nnc1C1CCC(c2cnn(C3CCC(N4CC5(COC5)C4)CC3)c2)CC1. The highest BCUT2D eigenvalue weighted by Gasteiger charge is 2.50. The molecule has 0 radical (unpaired) electrons. The average molecular weight is 441 g/mol. The van der Waals surface area contributed by atoms with E-state index in [4.69, 9.17) is 9.84 Å². The molecule has 2 aromatic heterocycles. The maximum Gasteiger partial charge on any atom is 0.158 e. The van der Waals surface area contributed by atoms with Gasteiger partial charge in [0.2, 0.25) is 0 Å². The third-order valence-corrected chi connectivity index (χ3v) is 8.78. The van der Waals surface area contributed by atoms with E-state index < -0.39 is 0 Å². The number of aliphatic hydroxyl groups excluding tert-OH is 1. The highest BCUT2D eigenvalue weighted by molar-refractivity contribution is 5.15. The number of ether oxygens (including phenoxy) is 1. The number of hydrogen-bond donors (Lipinski definition) is 1. The Labute approximate surface area is 190 Å². The van der Waals surface area contributed by atoms with Crippen LogP contribution in [0, 0.1) is 5.41 Å². The van der Waals surface area contributed by atoms with Crippen molar-refractivity contribution in [1.82, 2.24) is 29.4 Å². The van der Waals surface area contributed by atoms with Crippen molar-refractivity contribution in [3.8, 4) is 0 Å². The van der Waals surface area contributed by atoms with Gasteiger partial charge in [0.15, 0.2) is 5.82 Å². The van der Waals surface area contributed by atoms with Gasteiger partial charge >= 0.3 is 0 Å². The first-order chi connectivity index (χ1) is 15.6. The molecule has 6 rings (SSSR count). The molecule has 2 aliphatic carbocycles. The van der Waals surface area contributed by atoms with E-state index in [1.165, 1.54) is 57.2 Å². The fraction of sp³-hybridized carbons (Fsp3) is 0.792. The molecule has 1 spiro atoms. The summed E-state index contributed by atoms with van der Waals surface area (Å²) in [5.41, 5.74) is 1.94. The zero-order chi connectivity index (χ0) is 21.7. The van der Waals surface area contributed by atoms with Crippen LogP contribution in [0.15, 0.2) is 12.4 Å². The van der Waals surface area contributed by atoms with Crippen LogP contribution < -0.4 is 0 Å². The molecule has 174 valence electrons. The van der Waals surface area contributed by atoms with Gasteiger partial charge in [-0.05, 0) is 62.8 Å². The van der Waals surface area contributed by atoms with Crippen molar-refractivity contribution in [2.45, 2.75) is 81.9 Å². The number of nitrogens with zero attached hydrogens (tertiary/aromatic N) is 6. The van der Waals surface area contributed by atoms with Gasteiger partial charge in [0, 0.05) is 43.7 Å². The Hall–Kier alpha value is -1.77. The van der Waals surface area contributed by atoms with Crippen molar-refractivity contribution in [1.29, 1.82) is 0 Å². The Morgan fingerprint density at radius 2 is 1.66 bits per heavy atom. The lowest BCUT2D eigenvalue weighted by Gasteiger charge is -2.58. The first kappa shape index (κ1) is 20.8. The van der Waals surface area contributed by atoms with Gasteiger partial charge in [-0.1, -0.05) is 0 Å². The van der Waals surface area contributed by atoms with Gasteiger partial charge in [-0.3, -0.25) is 9.58 Å². The molecule has 0 bridgehead atoms. The molecule has 2 saturated heterocycles. The van der Waals surface area contributed by atoms with Crippen LogP contribution in [0.4, 0.5) is 0 Å². The van der Waals surface area contributed by atoms with Crippen LogP contribution in [-0.2, 0) is 18.4 Å². The molecular formula is C24H36N6O2. The summed E-state index contributed by atoms with van der Waals surface area (Å²) >= 11 is 0. The van der Waals surface area contributed by atoms with E-state index in [1.807, 2.05) is 11.6 Å². The molecule has 4 heterocycles. The summed E-state index contributed by atoms with van der Waals surface area (Å²) in [6.45, 7) is 4.44. The number of rotatable bonds is 5. The second-order valence-electron chi connectivity index (χ2n) is 10.9. The summed E-state index contributed by atoms with van der Waals surface area (Å²) in [6.07, 6.45) is 14.2. The van der Waals surface area contributed by atoms with Crippen LogP contribution in [-0.4, -0.2) is 66.9 Å². The quantitative estimate of drug-likeness (QED) is 0.770. The molecule has 8 nitrogen and oxygen atoms in total. The van der Waals surface area contributed by atoms with Crippen molar-refractivity contribution < 1.29 is 9.84 Å². The van der Waals surface area contributed by atoms with Gasteiger partial charge in [0.25, 0.3) is 0 Å². The van der Waals surface area contributed by atoms with Gasteiger partial charge in [-0.25, -0.2) is 0 Å². The van der Waals surface area contributed by atoms with E-state index in [1.54, 1.807) is 0 Å². The van der Waals surface area contributed by atoms with Gasteiger partial charge in [0.1, 0.15) is 12.4 Å². The average Bonchev–Trinajstić information content (AvgIpc) is 3.39. The minimum Gasteiger partial charge on any atom is -0.388 e. The van der Waals surface area contributed by atoms with Crippen molar-refractivity contribution in [3.63, 3.8) is 0 Å². The first-order valence-electron chi connectivity index (χ1n) is 12.5. The minimum atomic E-state index is -0.0479. The second kappa shape index (κ2) is 8.22. The van der Waals surface area contributed by atoms with E-state index in [0.29, 0.717) is 29.1 Å². The van der Waals surface area contributed by atoms with E-state index >= 15 is 0 Å². The normalized spacial score (nSPS) is 32.6. The highest BCUT2D eigenvalue weighted by atomic mass is 16.5. The van der Waals surface area contributed by atoms with Gasteiger partial charge < -0.3 is 14.4 Å². The third kappa shape index (κ3) is 3.60. The Balaban J connectivity index is 1.01. The van der Waals surface area contributed by atoms with Gasteiger partial charge in [0.05, 0.1) is 25.5 Å². The van der Waals surface area contributed by atoms with Crippen LogP contribution in [0.1, 0.15) is 86.5 Å². The lowest BCUT2D eigenvalue weighted by Crippen LogP contribution is -2.68. The molecule has 0 aromatic carbocycles. The summed E-state index contributed by atoms with van der Waals surface area (Å²) in [6, 6.07) is 1.34. The topological polar surface area (TPSA) is 81.2 Å². The first-order valence-corrected chi connectivity index (χ1v) is 12.5. The molecule has 32 heavy (non-hydrogen) atoms. The number of likely N-dealkylation sites (tertiary alicyclic amines) is 1. The lowest BCUT2D eigenvalue weighted by atomic mass is 9.75. The minimum absolute atomic E-state index is 0.0479. The molecule has 0 amide bonds. The summed E-state index contributed by atoms with van der Waals surface area (Å²) in [5, 5.41) is 22.7. The summed E-state index contributed by atoms with van der Waals surface area (Å²) in [4.78, 5) is 2.70. The molecule has 4 aliphatic rings. The third-order valence-electron chi connectivity index (χ3n) is 8.78. The van der Waals surface area contributed by atoms with Crippen molar-refractivity contribution in [3.05, 3.63) is 29.6 Å². The number of aliphatic hydroxyl groups is 1. The molecule has 2 saturated carbocycles. The standard InChI is InChI=1S/C24H36N6O2/c1-28-22(12-31)26-27-23(28)18-4-2-17(3-5-18)19-10-25-30(11-19)21-8-6-20(7-9-21)29-13-24(14-29)15-32-16-24/h10-11,17-18,20-21,31H,2-9,12-16H2,1H3. The van der Waals surface area contributed by atoms with E-state index in [-0.39, 0.29) is 6.61 Å². The van der Waals surface area contributed by atoms with Gasteiger partial charge in [-0.15, -0.1) is 10.2 Å². The summed E-state index contributed by atoms with van der Waals surface area (Å²) in [5.74, 6) is 2.73. The van der Waals surface area contributed by atoms with Crippen molar-refractivity contribution in [2.24, 2.45) is 12.5 Å². The fourth-order valence-corrected chi connectivity index (χ4v) is 6.65. The molecule has 0 atom stereocenters. The predicted molar refractivity (Wildman–Crippen MR) is 119 cm³/mol. The predicted octanol–water partition coefficient (Wildman–Crippen LogP) is 2.76. The van der Waals surface area contributed by atoms with Crippen LogP contribution in [0.3, 0.4) is 0 Å². The molecule has 4 fully saturated rings. The summed E-state index contributed by atoms with van der Waals surface area (Å²) in [7, 11) is 1.97. The Bertz CT molecular complexity index is 926. The number of hydrogen-bond acceptors (Lipinski definition) is 6. The molecular weight excluding hydrogens is 404 g/mol. The molecule has 0 unspecified atom stereocenters. The highest BCUT2D eigenvalue weighted by Crippen LogP contribution is 2.43. The molecule has 2 aromatic rings. The van der Waals surface area contributed by atoms with E-state index in [9.17, 15) is 5.11 Å². The maximum absolute atomic E-state index is 9.38. The Morgan fingerprint density at radius 3 is 2.28 bits per heavy atom. The van der Waals surface area contributed by atoms with Crippen molar-refractivity contribution >= 4 is 0 Å².